The average Bonchev–Trinajstić information content (AvgIpc) is 2.65. The highest BCUT2D eigenvalue weighted by molar-refractivity contribution is 6.61. The topological polar surface area (TPSA) is 36.3 Å². The highest BCUT2D eigenvalue weighted by Gasteiger charge is 2.53. The van der Waals surface area contributed by atoms with Gasteiger partial charge in [0.2, 0.25) is 0 Å². The maximum absolute atomic E-state index is 6.05. The van der Waals surface area contributed by atoms with E-state index >= 15 is 0 Å². The van der Waals surface area contributed by atoms with Crippen molar-refractivity contribution in [1.29, 1.82) is 0 Å². The molecule has 0 unspecified atom stereocenters. The Hall–Kier alpha value is -0.805. The number of hydrogen-bond acceptors (Lipinski definition) is 3. The summed E-state index contributed by atoms with van der Waals surface area (Å²) in [5, 5.41) is 4.28. The zero-order chi connectivity index (χ0) is 12.8. The van der Waals surface area contributed by atoms with Gasteiger partial charge in [-0.1, -0.05) is 6.92 Å². The third-order valence-corrected chi connectivity index (χ3v) is 3.92. The second-order valence-electron chi connectivity index (χ2n) is 5.62. The van der Waals surface area contributed by atoms with Gasteiger partial charge in [-0.05, 0) is 39.7 Å². The van der Waals surface area contributed by atoms with Crippen LogP contribution in [0.15, 0.2) is 6.20 Å². The van der Waals surface area contributed by atoms with Gasteiger partial charge in [0.1, 0.15) is 0 Å². The van der Waals surface area contributed by atoms with Crippen LogP contribution in [0.25, 0.3) is 0 Å². The van der Waals surface area contributed by atoms with Crippen LogP contribution in [0.2, 0.25) is 0 Å². The van der Waals surface area contributed by atoms with E-state index in [1.807, 2.05) is 17.9 Å². The maximum Gasteiger partial charge on any atom is 0.514 e. The molecule has 1 aliphatic rings. The van der Waals surface area contributed by atoms with E-state index in [2.05, 4.69) is 39.7 Å². The molecule has 4 nitrogen and oxygen atoms in total. The van der Waals surface area contributed by atoms with Crippen molar-refractivity contribution < 1.29 is 9.31 Å². The molecule has 0 aromatic carbocycles. The zero-order valence-corrected chi connectivity index (χ0v) is 11.6. The summed E-state index contributed by atoms with van der Waals surface area (Å²) in [5.41, 5.74) is 1.62. The van der Waals surface area contributed by atoms with Crippen LogP contribution in [-0.2, 0) is 22.8 Å². The zero-order valence-electron chi connectivity index (χ0n) is 11.6. The van der Waals surface area contributed by atoms with Gasteiger partial charge < -0.3 is 9.31 Å². The molecule has 0 spiro atoms. The predicted molar refractivity (Wildman–Crippen MR) is 68.3 cm³/mol. The minimum Gasteiger partial charge on any atom is -0.398 e. The van der Waals surface area contributed by atoms with Gasteiger partial charge in [0, 0.05) is 7.05 Å². The molecule has 94 valence electrons. The molecule has 17 heavy (non-hydrogen) atoms. The summed E-state index contributed by atoms with van der Waals surface area (Å²) in [6.07, 6.45) is 2.83. The van der Waals surface area contributed by atoms with E-state index in [0.29, 0.717) is 0 Å². The molecule has 2 rings (SSSR count). The Labute approximate surface area is 103 Å². The molecule has 0 aliphatic carbocycles. The summed E-state index contributed by atoms with van der Waals surface area (Å²) in [5.74, 6) is 0. The van der Waals surface area contributed by atoms with E-state index in [9.17, 15) is 0 Å². The van der Waals surface area contributed by atoms with Crippen LogP contribution in [0.3, 0.4) is 0 Å². The van der Waals surface area contributed by atoms with Crippen molar-refractivity contribution in [2.45, 2.75) is 52.2 Å². The Balaban J connectivity index is 2.35. The number of nitrogens with zero attached hydrogens (tertiary/aromatic N) is 2. The van der Waals surface area contributed by atoms with E-state index in [4.69, 9.17) is 9.31 Å². The van der Waals surface area contributed by atoms with Gasteiger partial charge in [-0.3, -0.25) is 4.68 Å². The molecule has 1 fully saturated rings. The number of aromatic nitrogens is 2. The van der Waals surface area contributed by atoms with Crippen molar-refractivity contribution in [3.63, 3.8) is 0 Å². The SMILES string of the molecule is CCc1cnn(C)c1B1OC(C)(C)C(C)(C)O1. The van der Waals surface area contributed by atoms with Gasteiger partial charge in [-0.25, -0.2) is 0 Å². The molecular weight excluding hydrogens is 215 g/mol. The molecule has 2 heterocycles. The molecule has 1 aromatic heterocycles. The number of aryl methyl sites for hydroxylation is 2. The minimum atomic E-state index is -0.317. The first-order chi connectivity index (χ1) is 7.78. The third-order valence-electron chi connectivity index (χ3n) is 3.92. The molecule has 1 saturated heterocycles. The second kappa shape index (κ2) is 3.85. The van der Waals surface area contributed by atoms with E-state index < -0.39 is 0 Å². The molecule has 0 atom stereocenters. The quantitative estimate of drug-likeness (QED) is 0.726. The molecular formula is C12H21BN2O2. The molecule has 1 aliphatic heterocycles. The standard InChI is InChI=1S/C12H21BN2O2/c1-7-9-8-14-15(6)10(9)13-16-11(2,3)12(4,5)17-13/h8H,7H2,1-6H3. The Morgan fingerprint density at radius 2 is 1.76 bits per heavy atom. The number of rotatable bonds is 2. The Morgan fingerprint density at radius 1 is 1.24 bits per heavy atom. The van der Waals surface area contributed by atoms with Gasteiger partial charge in [0.25, 0.3) is 0 Å². The van der Waals surface area contributed by atoms with Crippen LogP contribution in [0.1, 0.15) is 40.2 Å². The van der Waals surface area contributed by atoms with Crippen molar-refractivity contribution in [2.75, 3.05) is 0 Å². The van der Waals surface area contributed by atoms with Gasteiger partial charge in [0.05, 0.1) is 23.0 Å². The lowest BCUT2D eigenvalue weighted by atomic mass is 9.81. The van der Waals surface area contributed by atoms with Crippen LogP contribution in [0.5, 0.6) is 0 Å². The summed E-state index contributed by atoms with van der Waals surface area (Å²) < 4.78 is 13.9. The first-order valence-corrected chi connectivity index (χ1v) is 6.15. The smallest absolute Gasteiger partial charge is 0.398 e. The van der Waals surface area contributed by atoms with E-state index in [0.717, 1.165) is 12.0 Å². The summed E-state index contributed by atoms with van der Waals surface area (Å²) in [4.78, 5) is 0. The molecule has 0 saturated carbocycles. The molecule has 0 radical (unpaired) electrons. The first-order valence-electron chi connectivity index (χ1n) is 6.15. The van der Waals surface area contributed by atoms with Crippen molar-refractivity contribution >= 4 is 12.7 Å². The van der Waals surface area contributed by atoms with Crippen LogP contribution >= 0.6 is 0 Å². The Kier molecular flexibility index (Phi) is 2.87. The third kappa shape index (κ3) is 1.91. The normalized spacial score (nSPS) is 22.1. The molecule has 0 N–H and O–H groups in total. The fraction of sp³-hybridized carbons (Fsp3) is 0.750. The minimum absolute atomic E-state index is 0.299. The molecule has 1 aromatic rings. The van der Waals surface area contributed by atoms with E-state index in [-0.39, 0.29) is 18.3 Å². The van der Waals surface area contributed by atoms with Gasteiger partial charge in [-0.2, -0.15) is 5.10 Å². The Bertz CT molecular complexity index is 410. The monoisotopic (exact) mass is 236 g/mol. The first kappa shape index (κ1) is 12.6. The molecule has 5 heteroatoms. The molecule has 0 amide bonds. The van der Waals surface area contributed by atoms with Crippen molar-refractivity contribution in [3.8, 4) is 0 Å². The highest BCUT2D eigenvalue weighted by atomic mass is 16.7. The van der Waals surface area contributed by atoms with Crippen LogP contribution in [-0.4, -0.2) is 28.1 Å². The highest BCUT2D eigenvalue weighted by Crippen LogP contribution is 2.36. The predicted octanol–water partition coefficient (Wildman–Crippen LogP) is 1.28. The number of hydrogen-bond donors (Lipinski definition) is 0. The second-order valence-corrected chi connectivity index (χ2v) is 5.62. The summed E-state index contributed by atoms with van der Waals surface area (Å²) in [6.45, 7) is 10.4. The van der Waals surface area contributed by atoms with E-state index in [1.165, 1.54) is 5.56 Å². The lowest BCUT2D eigenvalue weighted by Gasteiger charge is -2.32. The lowest BCUT2D eigenvalue weighted by molar-refractivity contribution is 0.00578. The van der Waals surface area contributed by atoms with Crippen molar-refractivity contribution in [1.82, 2.24) is 9.78 Å². The van der Waals surface area contributed by atoms with Crippen molar-refractivity contribution in [2.24, 2.45) is 7.05 Å². The van der Waals surface area contributed by atoms with Crippen LogP contribution in [0.4, 0.5) is 0 Å². The van der Waals surface area contributed by atoms with Crippen molar-refractivity contribution in [3.05, 3.63) is 11.8 Å². The average molecular weight is 236 g/mol. The van der Waals surface area contributed by atoms with Gasteiger partial charge in [0.15, 0.2) is 0 Å². The van der Waals surface area contributed by atoms with E-state index in [1.54, 1.807) is 0 Å². The summed E-state index contributed by atoms with van der Waals surface area (Å²) in [6, 6.07) is 0. The largest absolute Gasteiger partial charge is 0.514 e. The van der Waals surface area contributed by atoms with Gasteiger partial charge >= 0.3 is 7.12 Å². The maximum atomic E-state index is 6.05. The molecule has 0 bridgehead atoms. The summed E-state index contributed by atoms with van der Waals surface area (Å²) in [7, 11) is 1.61. The van der Waals surface area contributed by atoms with Crippen LogP contribution < -0.4 is 5.59 Å². The Morgan fingerprint density at radius 3 is 2.24 bits per heavy atom. The lowest BCUT2D eigenvalue weighted by Crippen LogP contribution is -2.41. The van der Waals surface area contributed by atoms with Gasteiger partial charge in [-0.15, -0.1) is 0 Å². The van der Waals surface area contributed by atoms with Crippen LogP contribution in [0, 0.1) is 0 Å². The summed E-state index contributed by atoms with van der Waals surface area (Å²) >= 11 is 0. The fourth-order valence-corrected chi connectivity index (χ4v) is 2.02. The fourth-order valence-electron chi connectivity index (χ4n) is 2.02.